The number of thiazole rings is 1. The van der Waals surface area contributed by atoms with Crippen molar-refractivity contribution in [2.45, 2.75) is 26.2 Å². The van der Waals surface area contributed by atoms with Crippen LogP contribution in [0.2, 0.25) is 0 Å². The lowest BCUT2D eigenvalue weighted by molar-refractivity contribution is -0.132. The van der Waals surface area contributed by atoms with Crippen LogP contribution >= 0.6 is 23.1 Å². The number of rotatable bonds is 3. The van der Waals surface area contributed by atoms with Crippen molar-refractivity contribution in [1.82, 2.24) is 9.88 Å². The van der Waals surface area contributed by atoms with Crippen LogP contribution in [0.15, 0.2) is 6.20 Å². The molecular formula is C15H23N3OS2. The van der Waals surface area contributed by atoms with Crippen molar-refractivity contribution < 1.29 is 4.79 Å². The third-order valence-electron chi connectivity index (χ3n) is 4.32. The van der Waals surface area contributed by atoms with Crippen LogP contribution in [0.4, 0.5) is 5.13 Å². The Morgan fingerprint density at radius 2 is 2.00 bits per heavy atom. The molecule has 0 aliphatic carbocycles. The zero-order chi connectivity index (χ0) is 14.7. The maximum absolute atomic E-state index is 12.3. The fourth-order valence-corrected chi connectivity index (χ4v) is 4.72. The van der Waals surface area contributed by atoms with E-state index >= 15 is 0 Å². The first-order valence-corrected chi connectivity index (χ1v) is 9.72. The largest absolute Gasteiger partial charge is 0.348 e. The van der Waals surface area contributed by atoms with Crippen molar-refractivity contribution >= 4 is 34.1 Å². The molecule has 2 aliphatic heterocycles. The summed E-state index contributed by atoms with van der Waals surface area (Å²) in [5.41, 5.74) is 0. The molecule has 3 rings (SSSR count). The van der Waals surface area contributed by atoms with E-state index < -0.39 is 0 Å². The highest BCUT2D eigenvalue weighted by Gasteiger charge is 2.25. The minimum absolute atomic E-state index is 0.374. The number of carbonyl (C=O) groups excluding carboxylic acids is 1. The van der Waals surface area contributed by atoms with Gasteiger partial charge in [-0.15, -0.1) is 11.3 Å². The molecule has 0 radical (unpaired) electrons. The van der Waals surface area contributed by atoms with Crippen molar-refractivity contribution in [2.75, 3.05) is 42.6 Å². The molecule has 0 spiro atoms. The monoisotopic (exact) mass is 325 g/mol. The molecule has 4 nitrogen and oxygen atoms in total. The zero-order valence-corrected chi connectivity index (χ0v) is 14.2. The van der Waals surface area contributed by atoms with E-state index in [0.717, 1.165) is 62.1 Å². The lowest BCUT2D eigenvalue weighted by Crippen LogP contribution is -2.40. The Hall–Kier alpha value is -0.750. The summed E-state index contributed by atoms with van der Waals surface area (Å²) in [6.45, 7) is 6.08. The van der Waals surface area contributed by atoms with Gasteiger partial charge in [0.15, 0.2) is 5.13 Å². The number of carbonyl (C=O) groups is 1. The molecule has 0 unspecified atom stereocenters. The second-order valence-corrected chi connectivity index (χ2v) is 8.32. The number of anilines is 1. The van der Waals surface area contributed by atoms with E-state index in [1.807, 2.05) is 18.0 Å². The molecule has 0 saturated carbocycles. The first kappa shape index (κ1) is 15.2. The summed E-state index contributed by atoms with van der Waals surface area (Å²) in [5, 5.41) is 1.14. The number of aryl methyl sites for hydroxylation is 1. The summed E-state index contributed by atoms with van der Waals surface area (Å²) in [5.74, 6) is 3.14. The van der Waals surface area contributed by atoms with E-state index in [2.05, 4.69) is 21.7 Å². The maximum atomic E-state index is 12.3. The lowest BCUT2D eigenvalue weighted by Gasteiger charge is -2.33. The number of aromatic nitrogens is 1. The fraction of sp³-hybridized carbons (Fsp3) is 0.733. The average molecular weight is 326 g/mol. The van der Waals surface area contributed by atoms with E-state index in [1.54, 1.807) is 11.3 Å². The highest BCUT2D eigenvalue weighted by atomic mass is 32.2. The van der Waals surface area contributed by atoms with Crippen molar-refractivity contribution in [3.05, 3.63) is 11.1 Å². The van der Waals surface area contributed by atoms with Crippen LogP contribution in [0.1, 0.15) is 24.1 Å². The second kappa shape index (κ2) is 7.01. The smallest absolute Gasteiger partial charge is 0.222 e. The first-order chi connectivity index (χ1) is 10.2. The Morgan fingerprint density at radius 3 is 2.62 bits per heavy atom. The summed E-state index contributed by atoms with van der Waals surface area (Å²) >= 11 is 3.73. The Kier molecular flexibility index (Phi) is 5.06. The molecule has 3 heterocycles. The van der Waals surface area contributed by atoms with Crippen LogP contribution in [0, 0.1) is 12.8 Å². The van der Waals surface area contributed by atoms with E-state index in [9.17, 15) is 4.79 Å². The molecule has 0 aromatic carbocycles. The molecule has 1 amide bonds. The summed E-state index contributed by atoms with van der Waals surface area (Å²) in [4.78, 5) is 22.5. The summed E-state index contributed by atoms with van der Waals surface area (Å²) in [7, 11) is 0. The summed E-state index contributed by atoms with van der Waals surface area (Å²) < 4.78 is 0. The quantitative estimate of drug-likeness (QED) is 0.856. The third kappa shape index (κ3) is 3.92. The first-order valence-electron chi connectivity index (χ1n) is 7.75. The van der Waals surface area contributed by atoms with Crippen LogP contribution < -0.4 is 4.90 Å². The van der Waals surface area contributed by atoms with E-state index in [0.29, 0.717) is 11.8 Å². The average Bonchev–Trinajstić information content (AvgIpc) is 2.95. The lowest BCUT2D eigenvalue weighted by atomic mass is 9.93. The molecule has 21 heavy (non-hydrogen) atoms. The molecule has 0 N–H and O–H groups in total. The van der Waals surface area contributed by atoms with Gasteiger partial charge in [0.25, 0.3) is 0 Å². The van der Waals surface area contributed by atoms with Crippen LogP contribution in [0.5, 0.6) is 0 Å². The number of hydrogen-bond acceptors (Lipinski definition) is 5. The molecule has 1 aromatic heterocycles. The number of hydrogen-bond donors (Lipinski definition) is 0. The Labute approximate surface area is 134 Å². The molecule has 0 bridgehead atoms. The van der Waals surface area contributed by atoms with E-state index in [1.165, 1.54) is 4.88 Å². The third-order valence-corrected chi connectivity index (χ3v) is 6.24. The minimum Gasteiger partial charge on any atom is -0.348 e. The van der Waals surface area contributed by atoms with Crippen LogP contribution in [0.25, 0.3) is 0 Å². The fourth-order valence-electron chi connectivity index (χ4n) is 3.01. The zero-order valence-electron chi connectivity index (χ0n) is 12.6. The van der Waals surface area contributed by atoms with Gasteiger partial charge >= 0.3 is 0 Å². The van der Waals surface area contributed by atoms with Crippen LogP contribution in [-0.4, -0.2) is 53.5 Å². The maximum Gasteiger partial charge on any atom is 0.222 e. The Morgan fingerprint density at radius 1 is 1.29 bits per heavy atom. The van der Waals surface area contributed by atoms with Gasteiger partial charge in [0.1, 0.15) is 0 Å². The number of amides is 1. The summed E-state index contributed by atoms with van der Waals surface area (Å²) in [6.07, 6.45) is 4.93. The highest BCUT2D eigenvalue weighted by Crippen LogP contribution is 2.28. The Bertz CT molecular complexity index is 477. The second-order valence-electron chi connectivity index (χ2n) is 5.88. The molecular weight excluding hydrogens is 302 g/mol. The van der Waals surface area contributed by atoms with Gasteiger partial charge in [-0.2, -0.15) is 11.8 Å². The topological polar surface area (TPSA) is 36.4 Å². The van der Waals surface area contributed by atoms with Gasteiger partial charge in [-0.3, -0.25) is 4.79 Å². The van der Waals surface area contributed by atoms with Crippen LogP contribution in [0.3, 0.4) is 0 Å². The summed E-state index contributed by atoms with van der Waals surface area (Å²) in [6, 6.07) is 0. The highest BCUT2D eigenvalue weighted by molar-refractivity contribution is 7.99. The predicted octanol–water partition coefficient (Wildman–Crippen LogP) is 2.63. The van der Waals surface area contributed by atoms with E-state index in [4.69, 9.17) is 0 Å². The number of thioether (sulfide) groups is 1. The van der Waals surface area contributed by atoms with Gasteiger partial charge in [0.2, 0.25) is 5.91 Å². The van der Waals surface area contributed by atoms with Crippen molar-refractivity contribution in [3.8, 4) is 0 Å². The number of nitrogens with zero attached hydrogens (tertiary/aromatic N) is 3. The van der Waals surface area contributed by atoms with Crippen molar-refractivity contribution in [2.24, 2.45) is 5.92 Å². The van der Waals surface area contributed by atoms with Gasteiger partial charge in [-0.1, -0.05) is 0 Å². The predicted molar refractivity (Wildman–Crippen MR) is 90.3 cm³/mol. The van der Waals surface area contributed by atoms with Gasteiger partial charge in [-0.25, -0.2) is 4.98 Å². The molecule has 2 aliphatic rings. The molecule has 1 aromatic rings. The molecule has 0 atom stereocenters. The normalized spacial score (nSPS) is 20.8. The Balaban J connectivity index is 1.46. The van der Waals surface area contributed by atoms with E-state index in [-0.39, 0.29) is 0 Å². The standard InChI is InChI=1S/C15H23N3OS2/c1-12-11-16-15(21-12)18-4-2-13(3-5-18)10-14(19)17-6-8-20-9-7-17/h11,13H,2-10H2,1H3. The molecule has 116 valence electrons. The van der Waals surface area contributed by atoms with Gasteiger partial charge in [0, 0.05) is 55.2 Å². The van der Waals surface area contributed by atoms with Gasteiger partial charge in [0.05, 0.1) is 0 Å². The minimum atomic E-state index is 0.374. The molecule has 6 heteroatoms. The molecule has 2 fully saturated rings. The molecule has 2 saturated heterocycles. The van der Waals surface area contributed by atoms with Crippen molar-refractivity contribution in [1.29, 1.82) is 0 Å². The SMILES string of the molecule is Cc1cnc(N2CCC(CC(=O)N3CCSCC3)CC2)s1. The van der Waals surface area contributed by atoms with Gasteiger partial charge < -0.3 is 9.80 Å². The van der Waals surface area contributed by atoms with Gasteiger partial charge in [-0.05, 0) is 25.7 Å². The van der Waals surface area contributed by atoms with Crippen molar-refractivity contribution in [3.63, 3.8) is 0 Å². The number of piperidine rings is 1. The van der Waals surface area contributed by atoms with Crippen LogP contribution in [-0.2, 0) is 4.79 Å².